The van der Waals surface area contributed by atoms with E-state index in [4.69, 9.17) is 14.2 Å². The average molecular weight is 408 g/mol. The third-order valence-electron chi connectivity index (χ3n) is 8.55. The molecule has 2 spiro atoms. The van der Waals surface area contributed by atoms with Gasteiger partial charge < -0.3 is 29.5 Å². The predicted molar refractivity (Wildman–Crippen MR) is 97.7 cm³/mol. The first kappa shape index (κ1) is 19.5. The van der Waals surface area contributed by atoms with Crippen LogP contribution in [0.1, 0.15) is 40.5 Å². The molecule has 3 N–H and O–H groups in total. The normalized spacial score (nSPS) is 58.2. The standard InChI is InChI=1S/C21H28O8/c1-8-6-18(3,26)15(23)12-14(27-5)11-16(24)19(4)9(2)7-20(11)21(12,29-19)10(13(8)22)17(25)28-20/h8-9,11-12,14,16,22,24,26H,6-7H2,1-5H3/t8-,9-,11-,12-,14-,16-,18-,19-,20-,21-/m0/s1. The van der Waals surface area contributed by atoms with Gasteiger partial charge in [0.15, 0.2) is 17.0 Å². The highest BCUT2D eigenvalue weighted by Gasteiger charge is 2.90. The summed E-state index contributed by atoms with van der Waals surface area (Å²) in [5.41, 5.74) is -5.81. The Kier molecular flexibility index (Phi) is 3.51. The molecule has 8 heteroatoms. The number of hydrogen-bond donors (Lipinski definition) is 3. The highest BCUT2D eigenvalue weighted by Crippen LogP contribution is 2.73. The van der Waals surface area contributed by atoms with Crippen LogP contribution >= 0.6 is 0 Å². The van der Waals surface area contributed by atoms with Crippen molar-refractivity contribution in [1.29, 1.82) is 0 Å². The van der Waals surface area contributed by atoms with Crippen LogP contribution in [0.2, 0.25) is 0 Å². The third-order valence-corrected chi connectivity index (χ3v) is 8.55. The Hall–Kier alpha value is -1.48. The molecule has 10 atom stereocenters. The van der Waals surface area contributed by atoms with E-state index < -0.39 is 64.1 Å². The van der Waals surface area contributed by atoms with Crippen molar-refractivity contribution in [3.8, 4) is 0 Å². The lowest BCUT2D eigenvalue weighted by Gasteiger charge is -2.63. The maximum absolute atomic E-state index is 13.7. The number of allylic oxidation sites excluding steroid dienone is 1. The number of aliphatic hydroxyl groups excluding tert-OH is 2. The molecule has 8 nitrogen and oxygen atoms in total. The van der Waals surface area contributed by atoms with Crippen molar-refractivity contribution in [2.75, 3.05) is 7.11 Å². The maximum Gasteiger partial charge on any atom is 0.341 e. The smallest absolute Gasteiger partial charge is 0.341 e. The van der Waals surface area contributed by atoms with Crippen LogP contribution in [-0.4, -0.2) is 68.8 Å². The second-order valence-corrected chi connectivity index (χ2v) is 10.1. The van der Waals surface area contributed by atoms with Gasteiger partial charge in [-0.25, -0.2) is 4.79 Å². The Morgan fingerprint density at radius 2 is 1.83 bits per heavy atom. The van der Waals surface area contributed by atoms with Crippen molar-refractivity contribution >= 4 is 11.8 Å². The largest absolute Gasteiger partial charge is 0.511 e. The topological polar surface area (TPSA) is 123 Å². The summed E-state index contributed by atoms with van der Waals surface area (Å²) in [7, 11) is 1.44. The van der Waals surface area contributed by atoms with Crippen molar-refractivity contribution in [2.45, 2.75) is 75.1 Å². The van der Waals surface area contributed by atoms with Gasteiger partial charge in [0, 0.05) is 13.0 Å². The van der Waals surface area contributed by atoms with E-state index in [1.165, 1.54) is 14.0 Å². The first-order valence-electron chi connectivity index (χ1n) is 10.2. The molecule has 3 saturated heterocycles. The second-order valence-electron chi connectivity index (χ2n) is 10.1. The van der Waals surface area contributed by atoms with Crippen LogP contribution < -0.4 is 0 Å². The zero-order valence-corrected chi connectivity index (χ0v) is 17.3. The summed E-state index contributed by atoms with van der Waals surface area (Å²) in [5.74, 6) is -4.08. The van der Waals surface area contributed by atoms with Crippen LogP contribution in [0, 0.1) is 23.7 Å². The van der Waals surface area contributed by atoms with E-state index in [-0.39, 0.29) is 23.7 Å². The first-order chi connectivity index (χ1) is 13.4. The first-order valence-corrected chi connectivity index (χ1v) is 10.2. The Balaban J connectivity index is 1.90. The Morgan fingerprint density at radius 1 is 1.17 bits per heavy atom. The molecule has 5 fully saturated rings. The lowest BCUT2D eigenvalue weighted by Crippen LogP contribution is -2.76. The van der Waals surface area contributed by atoms with Crippen molar-refractivity contribution in [2.24, 2.45) is 23.7 Å². The fraction of sp³-hybridized carbons (Fsp3) is 0.810. The molecule has 0 aromatic heterocycles. The SMILES string of the molecule is CO[C@H]1[C@H]2[C@H](O)[C@@]3(C)O[C@@]45C(=C(O)[C@@H](C)C[C@](C)(O)C(=O)[C@H]14)C(=O)O[C@@]25C[C@@H]3C. The van der Waals surface area contributed by atoms with Crippen molar-refractivity contribution < 1.29 is 39.1 Å². The molecule has 0 aromatic carbocycles. The van der Waals surface area contributed by atoms with Gasteiger partial charge in [0.1, 0.15) is 16.9 Å². The fourth-order valence-corrected chi connectivity index (χ4v) is 7.16. The molecule has 0 aromatic rings. The van der Waals surface area contributed by atoms with Crippen LogP contribution in [0.15, 0.2) is 11.3 Å². The summed E-state index contributed by atoms with van der Waals surface area (Å²) < 4.78 is 18.2. The van der Waals surface area contributed by atoms with Gasteiger partial charge in [0.25, 0.3) is 0 Å². The number of carbonyl (C=O) groups excluding carboxylic acids is 2. The average Bonchev–Trinajstić information content (AvgIpc) is 2.96. The third kappa shape index (κ3) is 1.78. The summed E-state index contributed by atoms with van der Waals surface area (Å²) in [5, 5.41) is 33.4. The lowest BCUT2D eigenvalue weighted by molar-refractivity contribution is -0.343. The van der Waals surface area contributed by atoms with Crippen LogP contribution in [-0.2, 0) is 23.8 Å². The number of ether oxygens (including phenoxy) is 3. The van der Waals surface area contributed by atoms with Crippen LogP contribution in [0.3, 0.4) is 0 Å². The molecule has 4 bridgehead atoms. The molecule has 2 saturated carbocycles. The van der Waals surface area contributed by atoms with E-state index in [0.29, 0.717) is 6.42 Å². The number of methoxy groups -OCH3 is 1. The minimum atomic E-state index is -1.76. The van der Waals surface area contributed by atoms with Crippen molar-refractivity contribution in [3.05, 3.63) is 11.3 Å². The number of fused-ring (bicyclic) bond motifs is 1. The van der Waals surface area contributed by atoms with Crippen LogP contribution in [0.4, 0.5) is 0 Å². The fourth-order valence-electron chi connectivity index (χ4n) is 7.16. The van der Waals surface area contributed by atoms with E-state index in [2.05, 4.69) is 0 Å². The van der Waals surface area contributed by atoms with Gasteiger partial charge in [-0.05, 0) is 32.6 Å². The van der Waals surface area contributed by atoms with Crippen LogP contribution in [0.25, 0.3) is 0 Å². The monoisotopic (exact) mass is 408 g/mol. The van der Waals surface area contributed by atoms with Gasteiger partial charge in [-0.15, -0.1) is 0 Å². The quantitative estimate of drug-likeness (QED) is 0.541. The molecular formula is C21H28O8. The molecule has 6 aliphatic rings. The Labute approximate surface area is 168 Å². The van der Waals surface area contributed by atoms with Crippen LogP contribution in [0.5, 0.6) is 0 Å². The van der Waals surface area contributed by atoms with Gasteiger partial charge in [0.2, 0.25) is 0 Å². The van der Waals surface area contributed by atoms with E-state index in [9.17, 15) is 24.9 Å². The van der Waals surface area contributed by atoms with Gasteiger partial charge in [0.05, 0.1) is 29.6 Å². The molecule has 29 heavy (non-hydrogen) atoms. The molecule has 0 radical (unpaired) electrons. The Bertz CT molecular complexity index is 863. The zero-order valence-electron chi connectivity index (χ0n) is 17.3. The van der Waals surface area contributed by atoms with Crippen molar-refractivity contribution in [1.82, 2.24) is 0 Å². The highest BCUT2D eigenvalue weighted by molar-refractivity contribution is 6.01. The summed E-state index contributed by atoms with van der Waals surface area (Å²) in [6, 6.07) is 0. The molecule has 0 amide bonds. The minimum Gasteiger partial charge on any atom is -0.511 e. The summed E-state index contributed by atoms with van der Waals surface area (Å²) >= 11 is 0. The summed E-state index contributed by atoms with van der Waals surface area (Å²) in [6.07, 6.45) is -1.55. The molecule has 6 rings (SSSR count). The molecule has 3 heterocycles. The number of carbonyl (C=O) groups is 2. The van der Waals surface area contributed by atoms with Gasteiger partial charge in [-0.1, -0.05) is 13.8 Å². The number of esters is 1. The molecular weight excluding hydrogens is 380 g/mol. The predicted octanol–water partition coefficient (Wildman–Crippen LogP) is 0.643. The molecule has 160 valence electrons. The number of aliphatic hydroxyl groups is 3. The lowest BCUT2D eigenvalue weighted by atomic mass is 9.55. The number of Topliss-reactive ketones (excluding diaryl/α,β-unsaturated/α-hetero) is 1. The number of hydrogen-bond acceptors (Lipinski definition) is 8. The Morgan fingerprint density at radius 3 is 2.45 bits per heavy atom. The van der Waals surface area contributed by atoms with E-state index in [1.807, 2.05) is 6.92 Å². The van der Waals surface area contributed by atoms with Gasteiger partial charge in [-0.2, -0.15) is 0 Å². The minimum absolute atomic E-state index is 0.0478. The van der Waals surface area contributed by atoms with E-state index in [0.717, 1.165) is 0 Å². The zero-order chi connectivity index (χ0) is 21.3. The summed E-state index contributed by atoms with van der Waals surface area (Å²) in [6.45, 7) is 6.75. The van der Waals surface area contributed by atoms with Crippen molar-refractivity contribution in [3.63, 3.8) is 0 Å². The molecule has 3 aliphatic heterocycles. The summed E-state index contributed by atoms with van der Waals surface area (Å²) in [4.78, 5) is 26.8. The highest BCUT2D eigenvalue weighted by atomic mass is 16.6. The number of rotatable bonds is 1. The maximum atomic E-state index is 13.7. The van der Waals surface area contributed by atoms with Gasteiger partial charge in [-0.3, -0.25) is 4.79 Å². The van der Waals surface area contributed by atoms with Gasteiger partial charge >= 0.3 is 5.97 Å². The van der Waals surface area contributed by atoms with E-state index in [1.54, 1.807) is 13.8 Å². The van der Waals surface area contributed by atoms with E-state index >= 15 is 0 Å². The molecule has 0 unspecified atom stereocenters. The number of ketones is 1. The molecule has 3 aliphatic carbocycles. The second kappa shape index (κ2) is 5.22.